The number of anilines is 3. The number of benzene rings is 8. The molecule has 242 valence electrons. The van der Waals surface area contributed by atoms with Gasteiger partial charge in [0.05, 0.1) is 5.69 Å². The van der Waals surface area contributed by atoms with Crippen LogP contribution in [0.25, 0.3) is 66.1 Å². The molecule has 0 N–H and O–H groups in total. The number of nitrogens with zero attached hydrogens (tertiary/aromatic N) is 1. The van der Waals surface area contributed by atoms with Gasteiger partial charge in [-0.25, -0.2) is 0 Å². The molecule has 1 aliphatic carbocycles. The Morgan fingerprint density at radius 2 is 1.14 bits per heavy atom. The summed E-state index contributed by atoms with van der Waals surface area (Å²) in [7, 11) is 0. The van der Waals surface area contributed by atoms with Crippen molar-refractivity contribution in [2.45, 2.75) is 19.3 Å². The highest BCUT2D eigenvalue weighted by Crippen LogP contribution is 2.54. The van der Waals surface area contributed by atoms with E-state index >= 15 is 0 Å². The lowest BCUT2D eigenvalue weighted by Gasteiger charge is -2.29. The van der Waals surface area contributed by atoms with Gasteiger partial charge in [-0.2, -0.15) is 0 Å². The number of hydrogen-bond donors (Lipinski definition) is 0. The quantitative estimate of drug-likeness (QED) is 0.184. The fourth-order valence-electron chi connectivity index (χ4n) is 8.34. The highest BCUT2D eigenvalue weighted by atomic mass is 16.3. The van der Waals surface area contributed by atoms with Crippen LogP contribution in [0.15, 0.2) is 180 Å². The third kappa shape index (κ3) is 4.64. The van der Waals surface area contributed by atoms with E-state index in [4.69, 9.17) is 4.42 Å². The molecule has 1 aliphatic rings. The van der Waals surface area contributed by atoms with Crippen molar-refractivity contribution in [1.29, 1.82) is 0 Å². The first-order chi connectivity index (χ1) is 25.0. The van der Waals surface area contributed by atoms with Gasteiger partial charge in [-0.1, -0.05) is 141 Å². The zero-order valence-corrected chi connectivity index (χ0v) is 28.6. The van der Waals surface area contributed by atoms with Gasteiger partial charge in [-0.05, 0) is 98.2 Å². The maximum Gasteiger partial charge on any atom is 0.136 e. The fraction of sp³-hybridized carbons (Fsp3) is 0.0612. The van der Waals surface area contributed by atoms with Crippen LogP contribution in [0.4, 0.5) is 17.1 Å². The molecule has 2 heteroatoms. The Morgan fingerprint density at radius 3 is 2.02 bits per heavy atom. The summed E-state index contributed by atoms with van der Waals surface area (Å²) in [4.78, 5) is 2.44. The lowest BCUT2D eigenvalue weighted by molar-refractivity contribution is 0.660. The molecule has 0 saturated carbocycles. The summed E-state index contributed by atoms with van der Waals surface area (Å²) in [6.07, 6.45) is 0. The number of furan rings is 1. The molecule has 0 fully saturated rings. The van der Waals surface area contributed by atoms with Crippen molar-refractivity contribution in [3.8, 4) is 33.4 Å². The van der Waals surface area contributed by atoms with E-state index in [1.165, 1.54) is 66.4 Å². The molecule has 0 spiro atoms. The fourth-order valence-corrected chi connectivity index (χ4v) is 8.34. The Bertz CT molecular complexity index is 2770. The average Bonchev–Trinajstić information content (AvgIpc) is 3.68. The van der Waals surface area contributed by atoms with E-state index in [0.29, 0.717) is 0 Å². The second-order valence-electron chi connectivity index (χ2n) is 14.1. The maximum atomic E-state index is 6.17. The van der Waals surface area contributed by atoms with Gasteiger partial charge in [-0.3, -0.25) is 0 Å². The predicted octanol–water partition coefficient (Wildman–Crippen LogP) is 13.8. The standard InChI is InChI=1S/C49H35NO/c1-49(2)42-18-8-6-16-40(42)48-43(49)19-11-20-44(48)50(38-15-10-14-34(31-38)32-12-4-3-5-13-32)37-26-22-33(23-27-37)35-24-28-39-36(30-35)25-29-46-47(39)41-17-7-9-21-45(41)51-46/h3-31H,1-2H3. The highest BCUT2D eigenvalue weighted by Gasteiger charge is 2.37. The number of fused-ring (bicyclic) bond motifs is 8. The molecule has 0 amide bonds. The Balaban J connectivity index is 1.11. The molecular weight excluding hydrogens is 619 g/mol. The van der Waals surface area contributed by atoms with Gasteiger partial charge in [0, 0.05) is 33.1 Å². The maximum absolute atomic E-state index is 6.17. The summed E-state index contributed by atoms with van der Waals surface area (Å²) in [5, 5.41) is 4.75. The number of para-hydroxylation sites is 1. The van der Waals surface area contributed by atoms with Crippen molar-refractivity contribution in [3.63, 3.8) is 0 Å². The summed E-state index contributed by atoms with van der Waals surface area (Å²) in [6, 6.07) is 63.7. The van der Waals surface area contributed by atoms with Crippen molar-refractivity contribution < 1.29 is 4.42 Å². The van der Waals surface area contributed by atoms with Crippen LogP contribution in [0.2, 0.25) is 0 Å². The number of hydrogen-bond acceptors (Lipinski definition) is 2. The topological polar surface area (TPSA) is 16.4 Å². The Labute approximate surface area is 297 Å². The van der Waals surface area contributed by atoms with Crippen LogP contribution >= 0.6 is 0 Å². The van der Waals surface area contributed by atoms with Crippen molar-refractivity contribution in [1.82, 2.24) is 0 Å². The molecule has 1 heterocycles. The molecule has 1 aromatic heterocycles. The van der Waals surface area contributed by atoms with Crippen molar-refractivity contribution in [2.24, 2.45) is 0 Å². The minimum atomic E-state index is -0.0895. The van der Waals surface area contributed by atoms with Crippen molar-refractivity contribution in [2.75, 3.05) is 4.90 Å². The Kier molecular flexibility index (Phi) is 6.56. The van der Waals surface area contributed by atoms with E-state index in [1.54, 1.807) is 0 Å². The summed E-state index contributed by atoms with van der Waals surface area (Å²) >= 11 is 0. The van der Waals surface area contributed by atoms with Crippen LogP contribution in [0.3, 0.4) is 0 Å². The molecule has 0 atom stereocenters. The third-order valence-corrected chi connectivity index (χ3v) is 10.9. The molecule has 0 aliphatic heterocycles. The smallest absolute Gasteiger partial charge is 0.136 e. The van der Waals surface area contributed by atoms with Crippen molar-refractivity contribution >= 4 is 49.8 Å². The minimum Gasteiger partial charge on any atom is -0.456 e. The Hall–Kier alpha value is -6.38. The van der Waals surface area contributed by atoms with E-state index in [2.05, 4.69) is 183 Å². The van der Waals surface area contributed by atoms with Gasteiger partial charge in [-0.15, -0.1) is 0 Å². The lowest BCUT2D eigenvalue weighted by atomic mass is 9.82. The van der Waals surface area contributed by atoms with Gasteiger partial charge in [0.25, 0.3) is 0 Å². The van der Waals surface area contributed by atoms with Gasteiger partial charge in [0.15, 0.2) is 0 Å². The van der Waals surface area contributed by atoms with Crippen LogP contribution in [-0.4, -0.2) is 0 Å². The predicted molar refractivity (Wildman–Crippen MR) is 214 cm³/mol. The van der Waals surface area contributed by atoms with E-state index in [1.807, 2.05) is 12.1 Å². The molecule has 0 saturated heterocycles. The van der Waals surface area contributed by atoms with Gasteiger partial charge >= 0.3 is 0 Å². The van der Waals surface area contributed by atoms with Crippen LogP contribution in [-0.2, 0) is 5.41 Å². The monoisotopic (exact) mass is 653 g/mol. The third-order valence-electron chi connectivity index (χ3n) is 10.9. The van der Waals surface area contributed by atoms with Crippen LogP contribution in [0.1, 0.15) is 25.0 Å². The lowest BCUT2D eigenvalue weighted by Crippen LogP contribution is -2.16. The highest BCUT2D eigenvalue weighted by molar-refractivity contribution is 6.19. The summed E-state index contributed by atoms with van der Waals surface area (Å²) < 4.78 is 6.17. The van der Waals surface area contributed by atoms with Crippen LogP contribution in [0, 0.1) is 0 Å². The van der Waals surface area contributed by atoms with Crippen LogP contribution in [0.5, 0.6) is 0 Å². The second-order valence-corrected chi connectivity index (χ2v) is 14.1. The SMILES string of the molecule is CC1(C)c2ccccc2-c2c(N(c3ccc(-c4ccc5c(ccc6oc7ccccc7c65)c4)cc3)c3cccc(-c4ccccc4)c3)cccc21. The first-order valence-corrected chi connectivity index (χ1v) is 17.7. The van der Waals surface area contributed by atoms with Gasteiger partial charge in [0.2, 0.25) is 0 Å². The minimum absolute atomic E-state index is 0.0895. The zero-order valence-electron chi connectivity index (χ0n) is 28.6. The largest absolute Gasteiger partial charge is 0.456 e. The normalized spacial score (nSPS) is 13.1. The van der Waals surface area contributed by atoms with E-state index in [0.717, 1.165) is 27.9 Å². The van der Waals surface area contributed by atoms with E-state index in [-0.39, 0.29) is 5.41 Å². The molecular formula is C49H35NO. The summed E-state index contributed by atoms with van der Waals surface area (Å²) in [5.74, 6) is 0. The summed E-state index contributed by atoms with van der Waals surface area (Å²) in [6.45, 7) is 4.69. The summed E-state index contributed by atoms with van der Waals surface area (Å²) in [5.41, 5.74) is 15.3. The molecule has 10 rings (SSSR count). The molecule has 2 nitrogen and oxygen atoms in total. The van der Waals surface area contributed by atoms with Gasteiger partial charge < -0.3 is 9.32 Å². The molecule has 0 unspecified atom stereocenters. The second kappa shape index (κ2) is 11.3. The zero-order chi connectivity index (χ0) is 34.1. The van der Waals surface area contributed by atoms with E-state index in [9.17, 15) is 0 Å². The first kappa shape index (κ1) is 29.5. The van der Waals surface area contributed by atoms with Crippen LogP contribution < -0.4 is 4.90 Å². The van der Waals surface area contributed by atoms with Crippen molar-refractivity contribution in [3.05, 3.63) is 187 Å². The molecule has 8 aromatic carbocycles. The molecule has 9 aromatic rings. The number of rotatable bonds is 5. The molecule has 51 heavy (non-hydrogen) atoms. The molecule has 0 radical (unpaired) electrons. The van der Waals surface area contributed by atoms with Gasteiger partial charge in [0.1, 0.15) is 11.2 Å². The molecule has 0 bridgehead atoms. The Morgan fingerprint density at radius 1 is 0.451 bits per heavy atom. The average molecular weight is 654 g/mol. The first-order valence-electron chi connectivity index (χ1n) is 17.7. The van der Waals surface area contributed by atoms with E-state index < -0.39 is 0 Å².